The second-order valence-electron chi connectivity index (χ2n) is 19.1. The van der Waals surface area contributed by atoms with Crippen molar-refractivity contribution in [2.24, 2.45) is 5.92 Å². The molecule has 0 aromatic carbocycles. The normalized spacial score (nSPS) is 14.6. The highest BCUT2D eigenvalue weighted by Gasteiger charge is 2.29. The first-order valence-corrected chi connectivity index (χ1v) is 28.4. The third kappa shape index (κ3) is 54.8. The summed E-state index contributed by atoms with van der Waals surface area (Å²) in [6.07, 6.45) is 47.7. The van der Waals surface area contributed by atoms with Gasteiger partial charge in [-0.1, -0.05) is 210 Å². The first kappa shape index (κ1) is 70.8. The molecule has 0 bridgehead atoms. The molecule has 1 aliphatic heterocycles. The van der Waals surface area contributed by atoms with Gasteiger partial charge in [-0.2, -0.15) is 0 Å². The van der Waals surface area contributed by atoms with Gasteiger partial charge in [-0.15, -0.1) is 6.58 Å². The van der Waals surface area contributed by atoms with E-state index >= 15 is 0 Å². The second-order valence-corrected chi connectivity index (χ2v) is 19.1. The molecule has 3 atom stereocenters. The predicted octanol–water partition coefficient (Wildman–Crippen LogP) is 18.9. The van der Waals surface area contributed by atoms with Crippen LogP contribution in [-0.4, -0.2) is 60.9 Å². The Hall–Kier alpha value is -1.79. The SMILES string of the molecule is C.C=CC(=O)CCCCC.C=CCCCCCCCCCCC.CC.CCCCCCCCC(CCCCCC)OC(=O)CCCCCCCOC[C@@H]1CC(C)CN1CCCCCC(C)=O. The monoisotopic (exact) mass is 934 g/mol. The van der Waals surface area contributed by atoms with Gasteiger partial charge in [0.25, 0.3) is 0 Å². The standard InChI is InChI=1S/C36H69NO4.C13H26.C8H14O.C2H6.CH4/c1-5-7-9-11-13-19-25-35(24-18-10-8-6-2)41-36(39)26-20-14-12-15-22-28-40-31-34-29-32(3)30-37(34)27-21-16-17-23-33(4)38;1-3-5-7-9-11-13-12-10-8-6-4-2;1-3-5-6-7-8(9)4-2;1-2;/h32,34-35H,5-31H2,1-4H3;3H,1,4-13H2,2H3;4H,2-3,5-7H2,1H3;1-2H3;1H4/t32?,34-,35?;;;;/m0..../s1. The van der Waals surface area contributed by atoms with Crippen molar-refractivity contribution in [2.75, 3.05) is 26.3 Å². The molecule has 66 heavy (non-hydrogen) atoms. The minimum atomic E-state index is 0. The van der Waals surface area contributed by atoms with Gasteiger partial charge in [0.2, 0.25) is 0 Å². The van der Waals surface area contributed by atoms with Crippen LogP contribution in [0.25, 0.3) is 0 Å². The van der Waals surface area contributed by atoms with Crippen molar-refractivity contribution in [3.05, 3.63) is 25.3 Å². The van der Waals surface area contributed by atoms with Gasteiger partial charge in [0, 0.05) is 38.5 Å². The number of hydrogen-bond acceptors (Lipinski definition) is 6. The lowest BCUT2D eigenvalue weighted by molar-refractivity contribution is -0.150. The summed E-state index contributed by atoms with van der Waals surface area (Å²) in [7, 11) is 0. The molecular formula is C60H119NO5. The first-order valence-electron chi connectivity index (χ1n) is 28.4. The van der Waals surface area contributed by atoms with Gasteiger partial charge in [0.05, 0.1) is 6.61 Å². The molecule has 6 heteroatoms. The van der Waals surface area contributed by atoms with Crippen LogP contribution in [0.5, 0.6) is 0 Å². The van der Waals surface area contributed by atoms with Crippen LogP contribution < -0.4 is 0 Å². The predicted molar refractivity (Wildman–Crippen MR) is 293 cm³/mol. The lowest BCUT2D eigenvalue weighted by atomic mass is 10.0. The number of ketones is 2. The Kier molecular flexibility index (Phi) is 63.6. The Morgan fingerprint density at radius 2 is 1.03 bits per heavy atom. The molecule has 1 saturated heterocycles. The second kappa shape index (κ2) is 59.3. The van der Waals surface area contributed by atoms with Crippen LogP contribution in [0.3, 0.4) is 0 Å². The van der Waals surface area contributed by atoms with E-state index in [1.54, 1.807) is 6.92 Å². The number of likely N-dealkylation sites (tertiary alicyclic amines) is 1. The maximum atomic E-state index is 12.5. The summed E-state index contributed by atoms with van der Waals surface area (Å²) < 4.78 is 12.0. The van der Waals surface area contributed by atoms with Gasteiger partial charge in [-0.05, 0) is 103 Å². The highest BCUT2D eigenvalue weighted by Crippen LogP contribution is 2.24. The van der Waals surface area contributed by atoms with Crippen molar-refractivity contribution in [1.29, 1.82) is 0 Å². The van der Waals surface area contributed by atoms with Gasteiger partial charge >= 0.3 is 5.97 Å². The molecule has 1 fully saturated rings. The fourth-order valence-corrected chi connectivity index (χ4v) is 8.48. The van der Waals surface area contributed by atoms with Crippen LogP contribution in [0.15, 0.2) is 25.3 Å². The number of carbonyl (C=O) groups excluding carboxylic acids is 3. The van der Waals surface area contributed by atoms with E-state index < -0.39 is 0 Å². The number of hydrogen-bond donors (Lipinski definition) is 0. The molecule has 0 N–H and O–H groups in total. The minimum Gasteiger partial charge on any atom is -0.462 e. The van der Waals surface area contributed by atoms with E-state index in [0.29, 0.717) is 24.7 Å². The quantitative estimate of drug-likeness (QED) is 0.0262. The van der Waals surface area contributed by atoms with Crippen LogP contribution >= 0.6 is 0 Å². The van der Waals surface area contributed by atoms with Crippen molar-refractivity contribution < 1.29 is 23.9 Å². The van der Waals surface area contributed by atoms with E-state index in [-0.39, 0.29) is 25.3 Å². The number of allylic oxidation sites excluding steroid dienone is 2. The molecule has 2 unspecified atom stereocenters. The van der Waals surface area contributed by atoms with Crippen molar-refractivity contribution >= 4 is 17.5 Å². The summed E-state index contributed by atoms with van der Waals surface area (Å²) >= 11 is 0. The summed E-state index contributed by atoms with van der Waals surface area (Å²) in [6.45, 7) is 28.1. The molecule has 0 amide bonds. The molecule has 1 heterocycles. The Labute approximate surface area is 414 Å². The van der Waals surface area contributed by atoms with E-state index in [1.165, 1.54) is 173 Å². The van der Waals surface area contributed by atoms with Gasteiger partial charge in [0.1, 0.15) is 11.9 Å². The average molecular weight is 935 g/mol. The van der Waals surface area contributed by atoms with E-state index in [2.05, 4.69) is 52.7 Å². The molecule has 6 nitrogen and oxygen atoms in total. The summed E-state index contributed by atoms with van der Waals surface area (Å²) in [6, 6.07) is 0.556. The fourth-order valence-electron chi connectivity index (χ4n) is 8.48. The number of carbonyl (C=O) groups is 3. The lowest BCUT2D eigenvalue weighted by Crippen LogP contribution is -2.34. The van der Waals surface area contributed by atoms with Gasteiger partial charge < -0.3 is 14.3 Å². The molecule has 0 aromatic heterocycles. The minimum absolute atomic E-state index is 0. The van der Waals surface area contributed by atoms with Crippen LogP contribution in [-0.2, 0) is 23.9 Å². The topological polar surface area (TPSA) is 72.9 Å². The van der Waals surface area contributed by atoms with E-state index in [0.717, 1.165) is 89.9 Å². The number of ether oxygens (including phenoxy) is 2. The maximum Gasteiger partial charge on any atom is 0.306 e. The summed E-state index contributed by atoms with van der Waals surface area (Å²) in [5.74, 6) is 1.25. The van der Waals surface area contributed by atoms with E-state index in [4.69, 9.17) is 9.47 Å². The van der Waals surface area contributed by atoms with Crippen LogP contribution in [0.2, 0.25) is 0 Å². The average Bonchev–Trinajstić information content (AvgIpc) is 3.66. The Balaban J connectivity index is -0.000000627. The number of nitrogens with zero attached hydrogens (tertiary/aromatic N) is 1. The Morgan fingerprint density at radius 1 is 0.591 bits per heavy atom. The highest BCUT2D eigenvalue weighted by atomic mass is 16.5. The van der Waals surface area contributed by atoms with E-state index in [1.807, 2.05) is 19.9 Å². The molecule has 0 aromatic rings. The van der Waals surface area contributed by atoms with Gasteiger partial charge in [0.15, 0.2) is 5.78 Å². The largest absolute Gasteiger partial charge is 0.462 e. The zero-order chi connectivity index (χ0) is 48.9. The van der Waals surface area contributed by atoms with Crippen molar-refractivity contribution in [1.82, 2.24) is 4.90 Å². The molecule has 0 spiro atoms. The smallest absolute Gasteiger partial charge is 0.306 e. The van der Waals surface area contributed by atoms with Crippen molar-refractivity contribution in [3.8, 4) is 0 Å². The zero-order valence-corrected chi connectivity index (χ0v) is 45.3. The number of Topliss-reactive ketones (excluding diaryl/α,β-unsaturated/α-hetero) is 1. The summed E-state index contributed by atoms with van der Waals surface area (Å²) in [5.41, 5.74) is 0. The third-order valence-electron chi connectivity index (χ3n) is 12.5. The highest BCUT2D eigenvalue weighted by molar-refractivity contribution is 5.88. The third-order valence-corrected chi connectivity index (χ3v) is 12.5. The van der Waals surface area contributed by atoms with Gasteiger partial charge in [-0.3, -0.25) is 14.5 Å². The number of rotatable bonds is 44. The molecule has 1 aliphatic rings. The van der Waals surface area contributed by atoms with Crippen LogP contribution in [0.1, 0.15) is 300 Å². The number of unbranched alkanes of at least 4 members (excludes halogenated alkanes) is 25. The van der Waals surface area contributed by atoms with Crippen LogP contribution in [0.4, 0.5) is 0 Å². The van der Waals surface area contributed by atoms with Crippen LogP contribution in [0, 0.1) is 5.92 Å². The first-order chi connectivity index (χ1) is 31.7. The van der Waals surface area contributed by atoms with Crippen molar-refractivity contribution in [3.63, 3.8) is 0 Å². The molecule has 0 saturated carbocycles. The fraction of sp³-hybridized carbons (Fsp3) is 0.883. The Bertz CT molecular complexity index is 1010. The molecule has 0 radical (unpaired) electrons. The zero-order valence-electron chi connectivity index (χ0n) is 45.3. The molecule has 394 valence electrons. The molecule has 1 rings (SSSR count). The summed E-state index contributed by atoms with van der Waals surface area (Å²) in [4.78, 5) is 36.8. The van der Waals surface area contributed by atoms with Gasteiger partial charge in [-0.25, -0.2) is 0 Å². The Morgan fingerprint density at radius 3 is 1.56 bits per heavy atom. The number of esters is 1. The summed E-state index contributed by atoms with van der Waals surface area (Å²) in [5, 5.41) is 0. The maximum absolute atomic E-state index is 12.5. The lowest BCUT2D eigenvalue weighted by Gasteiger charge is -2.24. The van der Waals surface area contributed by atoms with Crippen molar-refractivity contribution in [2.45, 2.75) is 313 Å². The molecular weight excluding hydrogens is 815 g/mol. The molecule has 0 aliphatic carbocycles. The van der Waals surface area contributed by atoms with E-state index in [9.17, 15) is 14.4 Å².